The Balaban J connectivity index is 2.19. The monoisotopic (exact) mass is 260 g/mol. The van der Waals surface area contributed by atoms with Gasteiger partial charge in [-0.25, -0.2) is 4.98 Å². The standard InChI is InChI=1S/C15H20N2O2/c1-11(6-8-18)10-17-15-14-4-3-13(19-2)9-12(14)5-7-16-15/h3-5,7,9,11,18H,6,8,10H2,1-2H3,(H,16,17). The van der Waals surface area contributed by atoms with Gasteiger partial charge in [-0.1, -0.05) is 6.92 Å². The molecule has 1 heterocycles. The summed E-state index contributed by atoms with van der Waals surface area (Å²) in [4.78, 5) is 4.38. The number of methoxy groups -OCH3 is 1. The van der Waals surface area contributed by atoms with Gasteiger partial charge in [-0.2, -0.15) is 0 Å². The third kappa shape index (κ3) is 3.35. The first-order chi connectivity index (χ1) is 9.24. The Bertz CT molecular complexity index is 543. The molecule has 2 aromatic rings. The van der Waals surface area contributed by atoms with Gasteiger partial charge in [-0.15, -0.1) is 0 Å². The van der Waals surface area contributed by atoms with Crippen LogP contribution in [0.15, 0.2) is 30.5 Å². The molecule has 102 valence electrons. The molecule has 1 aromatic heterocycles. The first-order valence-corrected chi connectivity index (χ1v) is 6.52. The number of hydrogen-bond acceptors (Lipinski definition) is 4. The van der Waals surface area contributed by atoms with Crippen LogP contribution in [-0.2, 0) is 0 Å². The van der Waals surface area contributed by atoms with E-state index in [1.54, 1.807) is 13.3 Å². The predicted molar refractivity (Wildman–Crippen MR) is 77.7 cm³/mol. The summed E-state index contributed by atoms with van der Waals surface area (Å²) in [6.45, 7) is 3.14. The molecule has 2 N–H and O–H groups in total. The van der Waals surface area contributed by atoms with Crippen LogP contribution in [0.5, 0.6) is 5.75 Å². The summed E-state index contributed by atoms with van der Waals surface area (Å²) < 4.78 is 5.22. The summed E-state index contributed by atoms with van der Waals surface area (Å²) in [7, 11) is 1.66. The molecule has 0 amide bonds. The maximum atomic E-state index is 8.91. The zero-order chi connectivity index (χ0) is 13.7. The van der Waals surface area contributed by atoms with Gasteiger partial charge in [0.2, 0.25) is 0 Å². The predicted octanol–water partition coefficient (Wildman–Crippen LogP) is 2.67. The second kappa shape index (κ2) is 6.38. The van der Waals surface area contributed by atoms with Gasteiger partial charge in [0.25, 0.3) is 0 Å². The third-order valence-corrected chi connectivity index (χ3v) is 3.21. The summed E-state index contributed by atoms with van der Waals surface area (Å²) in [6.07, 6.45) is 2.59. The van der Waals surface area contributed by atoms with Gasteiger partial charge in [-0.3, -0.25) is 0 Å². The number of aromatic nitrogens is 1. The zero-order valence-corrected chi connectivity index (χ0v) is 11.4. The van der Waals surface area contributed by atoms with E-state index in [2.05, 4.69) is 17.2 Å². The quantitative estimate of drug-likeness (QED) is 0.838. The highest BCUT2D eigenvalue weighted by atomic mass is 16.5. The fraction of sp³-hybridized carbons (Fsp3) is 0.400. The Morgan fingerprint density at radius 3 is 2.95 bits per heavy atom. The van der Waals surface area contributed by atoms with Gasteiger partial charge in [0.15, 0.2) is 0 Å². The van der Waals surface area contributed by atoms with E-state index in [0.717, 1.165) is 35.3 Å². The molecule has 1 unspecified atom stereocenters. The van der Waals surface area contributed by atoms with Gasteiger partial charge in [0.1, 0.15) is 11.6 Å². The van der Waals surface area contributed by atoms with Gasteiger partial charge >= 0.3 is 0 Å². The van der Waals surface area contributed by atoms with Crippen molar-refractivity contribution in [3.63, 3.8) is 0 Å². The summed E-state index contributed by atoms with van der Waals surface area (Å²) in [5, 5.41) is 14.4. The SMILES string of the molecule is COc1ccc2c(NCC(C)CCO)nccc2c1. The van der Waals surface area contributed by atoms with Crippen molar-refractivity contribution in [2.45, 2.75) is 13.3 Å². The Morgan fingerprint density at radius 1 is 1.37 bits per heavy atom. The van der Waals surface area contributed by atoms with Gasteiger partial charge in [0.05, 0.1) is 7.11 Å². The Hall–Kier alpha value is -1.81. The highest BCUT2D eigenvalue weighted by Crippen LogP contribution is 2.25. The molecule has 0 radical (unpaired) electrons. The Kier molecular flexibility index (Phi) is 4.58. The van der Waals surface area contributed by atoms with E-state index in [-0.39, 0.29) is 6.61 Å². The molecular weight excluding hydrogens is 240 g/mol. The maximum absolute atomic E-state index is 8.91. The van der Waals surface area contributed by atoms with Crippen LogP contribution in [-0.4, -0.2) is 30.4 Å². The van der Waals surface area contributed by atoms with Crippen LogP contribution in [0.1, 0.15) is 13.3 Å². The molecule has 0 saturated heterocycles. The number of anilines is 1. The number of rotatable bonds is 6. The molecule has 0 saturated carbocycles. The lowest BCUT2D eigenvalue weighted by Crippen LogP contribution is -2.13. The lowest BCUT2D eigenvalue weighted by molar-refractivity contribution is 0.266. The number of benzene rings is 1. The minimum atomic E-state index is 0.225. The average molecular weight is 260 g/mol. The van der Waals surface area contributed by atoms with Gasteiger partial charge < -0.3 is 15.2 Å². The molecule has 1 atom stereocenters. The number of aliphatic hydroxyl groups excluding tert-OH is 1. The summed E-state index contributed by atoms with van der Waals surface area (Å²) >= 11 is 0. The van der Waals surface area contributed by atoms with Gasteiger partial charge in [0, 0.05) is 24.7 Å². The van der Waals surface area contributed by atoms with Crippen molar-refractivity contribution >= 4 is 16.6 Å². The van der Waals surface area contributed by atoms with Crippen molar-refractivity contribution in [1.82, 2.24) is 4.98 Å². The Labute approximate surface area is 113 Å². The molecule has 0 fully saturated rings. The highest BCUT2D eigenvalue weighted by Gasteiger charge is 2.05. The van der Waals surface area contributed by atoms with E-state index < -0.39 is 0 Å². The normalized spacial score (nSPS) is 12.4. The minimum absolute atomic E-state index is 0.225. The second-order valence-electron chi connectivity index (χ2n) is 4.74. The zero-order valence-electron chi connectivity index (χ0n) is 11.4. The third-order valence-electron chi connectivity index (χ3n) is 3.21. The summed E-state index contributed by atoms with van der Waals surface area (Å²) in [5.41, 5.74) is 0. The fourth-order valence-corrected chi connectivity index (χ4v) is 2.02. The molecule has 1 aromatic carbocycles. The molecule has 0 bridgehead atoms. The van der Waals surface area contributed by atoms with Crippen molar-refractivity contribution in [3.8, 4) is 5.75 Å². The summed E-state index contributed by atoms with van der Waals surface area (Å²) in [5.74, 6) is 2.14. The first-order valence-electron chi connectivity index (χ1n) is 6.52. The first kappa shape index (κ1) is 13.6. The van der Waals surface area contributed by atoms with Crippen LogP contribution in [0.3, 0.4) is 0 Å². The highest BCUT2D eigenvalue weighted by molar-refractivity contribution is 5.92. The number of nitrogens with zero attached hydrogens (tertiary/aromatic N) is 1. The number of ether oxygens (including phenoxy) is 1. The van der Waals surface area contributed by atoms with Crippen LogP contribution in [0.2, 0.25) is 0 Å². The van der Waals surface area contributed by atoms with Crippen LogP contribution in [0.4, 0.5) is 5.82 Å². The van der Waals surface area contributed by atoms with Crippen molar-refractivity contribution in [2.24, 2.45) is 5.92 Å². The van der Waals surface area contributed by atoms with Crippen molar-refractivity contribution in [2.75, 3.05) is 25.6 Å². The lowest BCUT2D eigenvalue weighted by atomic mass is 10.1. The molecule has 0 spiro atoms. The van der Waals surface area contributed by atoms with E-state index in [1.165, 1.54) is 0 Å². The molecule has 2 rings (SSSR count). The number of hydrogen-bond donors (Lipinski definition) is 2. The van der Waals surface area contributed by atoms with E-state index >= 15 is 0 Å². The van der Waals surface area contributed by atoms with Gasteiger partial charge in [-0.05, 0) is 42.0 Å². The van der Waals surface area contributed by atoms with Crippen molar-refractivity contribution < 1.29 is 9.84 Å². The van der Waals surface area contributed by atoms with Crippen LogP contribution in [0, 0.1) is 5.92 Å². The molecule has 0 aliphatic rings. The second-order valence-corrected chi connectivity index (χ2v) is 4.74. The molecule has 4 nitrogen and oxygen atoms in total. The molecule has 0 aliphatic carbocycles. The topological polar surface area (TPSA) is 54.4 Å². The molecule has 4 heteroatoms. The molecular formula is C15H20N2O2. The Morgan fingerprint density at radius 2 is 2.21 bits per heavy atom. The maximum Gasteiger partial charge on any atom is 0.133 e. The number of pyridine rings is 1. The number of aliphatic hydroxyl groups is 1. The summed E-state index contributed by atoms with van der Waals surface area (Å²) in [6, 6.07) is 7.92. The van der Waals surface area contributed by atoms with Crippen LogP contribution in [0.25, 0.3) is 10.8 Å². The number of fused-ring (bicyclic) bond motifs is 1. The minimum Gasteiger partial charge on any atom is -0.497 e. The van der Waals surface area contributed by atoms with Crippen molar-refractivity contribution in [3.05, 3.63) is 30.5 Å². The smallest absolute Gasteiger partial charge is 0.133 e. The number of nitrogens with one attached hydrogen (secondary N) is 1. The largest absolute Gasteiger partial charge is 0.497 e. The van der Waals surface area contributed by atoms with Crippen LogP contribution < -0.4 is 10.1 Å². The van der Waals surface area contributed by atoms with E-state index in [9.17, 15) is 0 Å². The van der Waals surface area contributed by atoms with E-state index in [4.69, 9.17) is 9.84 Å². The van der Waals surface area contributed by atoms with Crippen LogP contribution >= 0.6 is 0 Å². The van der Waals surface area contributed by atoms with E-state index in [0.29, 0.717) is 5.92 Å². The van der Waals surface area contributed by atoms with E-state index in [1.807, 2.05) is 24.3 Å². The van der Waals surface area contributed by atoms with Crippen molar-refractivity contribution in [1.29, 1.82) is 0 Å². The fourth-order valence-electron chi connectivity index (χ4n) is 2.02. The lowest BCUT2D eigenvalue weighted by Gasteiger charge is -2.13. The molecule has 0 aliphatic heterocycles. The average Bonchev–Trinajstić information content (AvgIpc) is 2.44. The molecule has 19 heavy (non-hydrogen) atoms.